The first kappa shape index (κ1) is 20.2. The third kappa shape index (κ3) is 6.65. The van der Waals surface area contributed by atoms with Gasteiger partial charge in [0.25, 0.3) is 0 Å². The lowest BCUT2D eigenvalue weighted by molar-refractivity contribution is -0.123. The molecule has 1 aromatic carbocycles. The van der Waals surface area contributed by atoms with Crippen LogP contribution in [0.25, 0.3) is 0 Å². The van der Waals surface area contributed by atoms with Crippen LogP contribution in [0.2, 0.25) is 0 Å². The zero-order chi connectivity index (χ0) is 19.4. The quantitative estimate of drug-likeness (QED) is 0.777. The molecule has 1 atom stereocenters. The Morgan fingerprint density at radius 1 is 1.15 bits per heavy atom. The van der Waals surface area contributed by atoms with Crippen LogP contribution in [0.5, 0.6) is 0 Å². The molecule has 1 aliphatic rings. The number of ether oxygens (including phenoxy) is 1. The minimum Gasteiger partial charge on any atom is -0.444 e. The van der Waals surface area contributed by atoms with Crippen LogP contribution in [0.1, 0.15) is 52.5 Å². The number of nitrogens with one attached hydrogen (secondary N) is 2. The summed E-state index contributed by atoms with van der Waals surface area (Å²) >= 11 is 0. The molecule has 1 aliphatic carbocycles. The van der Waals surface area contributed by atoms with Crippen LogP contribution >= 0.6 is 0 Å². The van der Waals surface area contributed by atoms with Crippen molar-refractivity contribution in [3.8, 4) is 0 Å². The highest BCUT2D eigenvalue weighted by molar-refractivity contribution is 5.77. The highest BCUT2D eigenvalue weighted by atomic mass is 19.1. The summed E-state index contributed by atoms with van der Waals surface area (Å²) in [6.07, 6.45) is 2.45. The zero-order valence-electron chi connectivity index (χ0n) is 16.0. The fraction of sp³-hybridized carbons (Fsp3) is 0.600. The molecule has 0 heterocycles. The van der Waals surface area contributed by atoms with E-state index in [4.69, 9.17) is 4.74 Å². The van der Waals surface area contributed by atoms with Crippen LogP contribution in [0.3, 0.4) is 0 Å². The summed E-state index contributed by atoms with van der Waals surface area (Å²) in [6.45, 7) is 7.71. The summed E-state index contributed by atoms with van der Waals surface area (Å²) in [6, 6.07) is 6.16. The van der Waals surface area contributed by atoms with Gasteiger partial charge in [-0.15, -0.1) is 0 Å². The van der Waals surface area contributed by atoms with E-state index in [1.807, 2.05) is 27.7 Å². The monoisotopic (exact) mass is 364 g/mol. The van der Waals surface area contributed by atoms with Gasteiger partial charge in [-0.2, -0.15) is 0 Å². The Bertz CT molecular complexity index is 635. The Morgan fingerprint density at radius 2 is 1.77 bits per heavy atom. The average molecular weight is 364 g/mol. The summed E-state index contributed by atoms with van der Waals surface area (Å²) in [4.78, 5) is 24.3. The molecule has 5 nitrogen and oxygen atoms in total. The summed E-state index contributed by atoms with van der Waals surface area (Å²) < 4.78 is 18.2. The maximum atomic E-state index is 12.9. The molecule has 0 aromatic heterocycles. The Kier molecular flexibility index (Phi) is 6.26. The molecule has 0 spiro atoms. The zero-order valence-corrected chi connectivity index (χ0v) is 16.0. The SMILES string of the molecule is CC(C)(C)OC(=O)NCC(C)(NC(=O)CCc1ccc(F)cc1)C1CC1. The van der Waals surface area contributed by atoms with Crippen LogP contribution in [0, 0.1) is 11.7 Å². The van der Waals surface area contributed by atoms with Gasteiger partial charge < -0.3 is 15.4 Å². The van der Waals surface area contributed by atoms with E-state index in [1.165, 1.54) is 12.1 Å². The molecular formula is C20H29FN2O3. The molecule has 0 aliphatic heterocycles. The van der Waals surface area contributed by atoms with Crippen molar-refractivity contribution in [1.82, 2.24) is 10.6 Å². The van der Waals surface area contributed by atoms with Crippen molar-refractivity contribution >= 4 is 12.0 Å². The third-order valence-corrected chi connectivity index (χ3v) is 4.46. The van der Waals surface area contributed by atoms with Crippen LogP contribution in [0.4, 0.5) is 9.18 Å². The van der Waals surface area contributed by atoms with E-state index >= 15 is 0 Å². The van der Waals surface area contributed by atoms with Crippen LogP contribution in [-0.4, -0.2) is 29.7 Å². The Labute approximate surface area is 154 Å². The molecular weight excluding hydrogens is 335 g/mol. The second-order valence-corrected chi connectivity index (χ2v) is 8.22. The van der Waals surface area contributed by atoms with Crippen molar-refractivity contribution in [2.75, 3.05) is 6.54 Å². The molecule has 2 amide bonds. The number of amides is 2. The smallest absolute Gasteiger partial charge is 0.407 e. The number of alkyl carbamates (subject to hydrolysis) is 1. The standard InChI is InChI=1S/C20H29FN2O3/c1-19(2,3)26-18(25)22-13-20(4,15-8-9-15)23-17(24)12-7-14-5-10-16(21)11-6-14/h5-6,10-11,15H,7-9,12-13H2,1-4H3,(H,22,25)(H,23,24). The van der Waals surface area contributed by atoms with Gasteiger partial charge in [-0.25, -0.2) is 9.18 Å². The number of carbonyl (C=O) groups excluding carboxylic acids is 2. The minimum atomic E-state index is -0.557. The first-order chi connectivity index (χ1) is 12.1. The molecule has 0 bridgehead atoms. The van der Waals surface area contributed by atoms with E-state index in [2.05, 4.69) is 10.6 Å². The molecule has 2 rings (SSSR count). The summed E-state index contributed by atoms with van der Waals surface area (Å²) in [5, 5.41) is 5.84. The third-order valence-electron chi connectivity index (χ3n) is 4.46. The lowest BCUT2D eigenvalue weighted by Gasteiger charge is -2.32. The number of hydrogen-bond acceptors (Lipinski definition) is 3. The maximum Gasteiger partial charge on any atom is 0.407 e. The maximum absolute atomic E-state index is 12.9. The van der Waals surface area contributed by atoms with Gasteiger partial charge in [0.2, 0.25) is 5.91 Å². The fourth-order valence-corrected chi connectivity index (χ4v) is 2.87. The molecule has 1 fully saturated rings. The number of aryl methyl sites for hydroxylation is 1. The van der Waals surface area contributed by atoms with Crippen LogP contribution < -0.4 is 10.6 Å². The van der Waals surface area contributed by atoms with Crippen molar-refractivity contribution in [2.45, 2.75) is 64.5 Å². The van der Waals surface area contributed by atoms with Gasteiger partial charge >= 0.3 is 6.09 Å². The number of carbonyl (C=O) groups is 2. The van der Waals surface area contributed by atoms with Gasteiger partial charge in [0.1, 0.15) is 11.4 Å². The Hall–Kier alpha value is -2.11. The van der Waals surface area contributed by atoms with E-state index in [-0.39, 0.29) is 11.7 Å². The first-order valence-electron chi connectivity index (χ1n) is 9.10. The lowest BCUT2D eigenvalue weighted by Crippen LogP contribution is -2.55. The van der Waals surface area contributed by atoms with E-state index in [0.717, 1.165) is 18.4 Å². The Morgan fingerprint density at radius 3 is 2.31 bits per heavy atom. The normalized spacial score (nSPS) is 16.5. The molecule has 1 unspecified atom stereocenters. The molecule has 2 N–H and O–H groups in total. The van der Waals surface area contributed by atoms with Gasteiger partial charge in [-0.05, 0) is 70.6 Å². The number of benzene rings is 1. The molecule has 144 valence electrons. The lowest BCUT2D eigenvalue weighted by atomic mass is 9.95. The number of hydrogen-bond donors (Lipinski definition) is 2. The second-order valence-electron chi connectivity index (χ2n) is 8.22. The highest BCUT2D eigenvalue weighted by Crippen LogP contribution is 2.39. The van der Waals surface area contributed by atoms with Crippen molar-refractivity contribution in [3.05, 3.63) is 35.6 Å². The van der Waals surface area contributed by atoms with Gasteiger partial charge in [0.15, 0.2) is 0 Å². The number of halogens is 1. The van der Waals surface area contributed by atoms with Crippen LogP contribution in [-0.2, 0) is 16.0 Å². The number of rotatable bonds is 7. The summed E-state index contributed by atoms with van der Waals surface area (Å²) in [5.74, 6) is -0.00495. The topological polar surface area (TPSA) is 67.4 Å². The molecule has 0 saturated heterocycles. The van der Waals surface area contributed by atoms with E-state index in [0.29, 0.717) is 25.3 Å². The second kappa shape index (κ2) is 8.06. The average Bonchev–Trinajstić information content (AvgIpc) is 3.36. The van der Waals surface area contributed by atoms with Crippen molar-refractivity contribution < 1.29 is 18.7 Å². The predicted octanol–water partition coefficient (Wildman–Crippen LogP) is 3.57. The predicted molar refractivity (Wildman–Crippen MR) is 98.2 cm³/mol. The van der Waals surface area contributed by atoms with Crippen molar-refractivity contribution in [1.29, 1.82) is 0 Å². The molecule has 1 aromatic rings. The molecule has 0 radical (unpaired) electrons. The largest absolute Gasteiger partial charge is 0.444 e. The molecule has 6 heteroatoms. The van der Waals surface area contributed by atoms with E-state index in [1.54, 1.807) is 12.1 Å². The van der Waals surface area contributed by atoms with E-state index in [9.17, 15) is 14.0 Å². The van der Waals surface area contributed by atoms with Gasteiger partial charge in [0.05, 0.1) is 5.54 Å². The van der Waals surface area contributed by atoms with Crippen LogP contribution in [0.15, 0.2) is 24.3 Å². The minimum absolute atomic E-state index is 0.0743. The van der Waals surface area contributed by atoms with Gasteiger partial charge in [0, 0.05) is 13.0 Å². The van der Waals surface area contributed by atoms with Crippen molar-refractivity contribution in [3.63, 3.8) is 0 Å². The first-order valence-corrected chi connectivity index (χ1v) is 9.10. The van der Waals surface area contributed by atoms with E-state index < -0.39 is 17.2 Å². The summed E-state index contributed by atoms with van der Waals surface area (Å²) in [7, 11) is 0. The highest BCUT2D eigenvalue weighted by Gasteiger charge is 2.42. The van der Waals surface area contributed by atoms with Crippen molar-refractivity contribution in [2.24, 2.45) is 5.92 Å². The van der Waals surface area contributed by atoms with Gasteiger partial charge in [-0.1, -0.05) is 12.1 Å². The molecule has 1 saturated carbocycles. The Balaban J connectivity index is 1.84. The summed E-state index contributed by atoms with van der Waals surface area (Å²) in [5.41, 5.74) is -0.128. The van der Waals surface area contributed by atoms with Gasteiger partial charge in [-0.3, -0.25) is 4.79 Å². The fourth-order valence-electron chi connectivity index (χ4n) is 2.87. The molecule has 26 heavy (non-hydrogen) atoms.